The summed E-state index contributed by atoms with van der Waals surface area (Å²) in [5, 5.41) is 2.41. The summed E-state index contributed by atoms with van der Waals surface area (Å²) in [6.45, 7) is 3.48. The van der Waals surface area contributed by atoms with Crippen LogP contribution >= 0.6 is 0 Å². The molecule has 1 amide bonds. The normalized spacial score (nSPS) is 13.5. The minimum Gasteiger partial charge on any atom is -0.468 e. The molecule has 6 nitrogen and oxygen atoms in total. The Kier molecular flexibility index (Phi) is 8.78. The van der Waals surface area contributed by atoms with Gasteiger partial charge in [0.1, 0.15) is 12.3 Å². The second-order valence-electron chi connectivity index (χ2n) is 4.61. The second-order valence-corrected chi connectivity index (χ2v) is 4.61. The van der Waals surface area contributed by atoms with Gasteiger partial charge in [0.15, 0.2) is 0 Å². The lowest BCUT2D eigenvalue weighted by atomic mass is 9.97. The molecule has 0 aromatic heterocycles. The highest BCUT2D eigenvalue weighted by Gasteiger charge is 2.21. The molecule has 0 aromatic carbocycles. The van der Waals surface area contributed by atoms with Gasteiger partial charge < -0.3 is 15.8 Å². The number of carbonyl (C=O) groups excluding carboxylic acids is 3. The quantitative estimate of drug-likeness (QED) is 0.592. The third-order valence-electron chi connectivity index (χ3n) is 2.87. The molecule has 2 atom stereocenters. The van der Waals surface area contributed by atoms with Crippen molar-refractivity contribution in [2.24, 2.45) is 11.7 Å². The van der Waals surface area contributed by atoms with Crippen molar-refractivity contribution in [3.8, 4) is 0 Å². The highest BCUT2D eigenvalue weighted by atomic mass is 16.5. The zero-order chi connectivity index (χ0) is 14.8. The third-order valence-corrected chi connectivity index (χ3v) is 2.87. The molecule has 0 saturated carbocycles. The molecule has 0 aromatic rings. The van der Waals surface area contributed by atoms with Crippen LogP contribution in [0, 0.1) is 5.92 Å². The minimum atomic E-state index is -0.522. The zero-order valence-corrected chi connectivity index (χ0v) is 11.9. The largest absolute Gasteiger partial charge is 0.468 e. The number of methoxy groups -OCH3 is 1. The van der Waals surface area contributed by atoms with Crippen LogP contribution in [0.1, 0.15) is 39.5 Å². The van der Waals surface area contributed by atoms with Crippen LogP contribution in [0.15, 0.2) is 0 Å². The lowest BCUT2D eigenvalue weighted by molar-refractivity contribution is -0.141. The van der Waals surface area contributed by atoms with Crippen LogP contribution in [0.4, 0.5) is 0 Å². The van der Waals surface area contributed by atoms with E-state index in [1.165, 1.54) is 7.11 Å². The van der Waals surface area contributed by atoms with Crippen molar-refractivity contribution >= 4 is 17.7 Å². The van der Waals surface area contributed by atoms with E-state index < -0.39 is 17.9 Å². The number of rotatable bonds is 9. The van der Waals surface area contributed by atoms with Gasteiger partial charge >= 0.3 is 5.97 Å². The Morgan fingerprint density at radius 3 is 2.47 bits per heavy atom. The first-order valence-electron chi connectivity index (χ1n) is 6.55. The van der Waals surface area contributed by atoms with Crippen molar-refractivity contribution in [1.29, 1.82) is 0 Å². The summed E-state index contributed by atoms with van der Waals surface area (Å²) >= 11 is 0. The van der Waals surface area contributed by atoms with Gasteiger partial charge in [0, 0.05) is 12.3 Å². The number of Topliss-reactive ketones (excluding diaryl/α,β-unsaturated/α-hetero) is 1. The van der Waals surface area contributed by atoms with E-state index in [9.17, 15) is 14.4 Å². The van der Waals surface area contributed by atoms with Crippen LogP contribution in [-0.4, -0.2) is 37.4 Å². The van der Waals surface area contributed by atoms with Crippen molar-refractivity contribution in [2.45, 2.75) is 45.6 Å². The molecule has 6 heteroatoms. The van der Waals surface area contributed by atoms with E-state index in [-0.39, 0.29) is 24.7 Å². The molecule has 110 valence electrons. The molecule has 0 bridgehead atoms. The number of unbranched alkanes of at least 4 members (excludes halogenated alkanes) is 1. The Hall–Kier alpha value is -1.43. The maximum atomic E-state index is 11.8. The number of hydrogen-bond acceptors (Lipinski definition) is 5. The fraction of sp³-hybridized carbons (Fsp3) is 0.769. The summed E-state index contributed by atoms with van der Waals surface area (Å²) in [4.78, 5) is 34.2. The molecular weight excluding hydrogens is 248 g/mol. The number of ketones is 1. The molecule has 0 radical (unpaired) electrons. The van der Waals surface area contributed by atoms with Crippen molar-refractivity contribution in [3.63, 3.8) is 0 Å². The number of amides is 1. The monoisotopic (exact) mass is 272 g/mol. The third kappa shape index (κ3) is 7.56. The topological polar surface area (TPSA) is 98.5 Å². The summed E-state index contributed by atoms with van der Waals surface area (Å²) < 4.78 is 4.40. The zero-order valence-electron chi connectivity index (χ0n) is 11.9. The average Bonchev–Trinajstić information content (AvgIpc) is 2.41. The van der Waals surface area contributed by atoms with Crippen molar-refractivity contribution in [2.75, 3.05) is 13.7 Å². The Morgan fingerprint density at radius 1 is 1.32 bits per heavy atom. The van der Waals surface area contributed by atoms with E-state index in [0.29, 0.717) is 6.42 Å². The van der Waals surface area contributed by atoms with Crippen LogP contribution < -0.4 is 11.1 Å². The van der Waals surface area contributed by atoms with Gasteiger partial charge in [-0.25, -0.2) is 0 Å². The number of hydrogen-bond donors (Lipinski definition) is 2. The van der Waals surface area contributed by atoms with Gasteiger partial charge in [0.25, 0.3) is 0 Å². The highest BCUT2D eigenvalue weighted by molar-refractivity contribution is 5.90. The highest BCUT2D eigenvalue weighted by Crippen LogP contribution is 2.08. The Balaban J connectivity index is 4.06. The predicted octanol–water partition coefficient (Wildman–Crippen LogP) is 0.388. The number of esters is 1. The van der Waals surface area contributed by atoms with Gasteiger partial charge in [-0.05, 0) is 6.42 Å². The van der Waals surface area contributed by atoms with E-state index in [4.69, 9.17) is 5.73 Å². The van der Waals surface area contributed by atoms with Gasteiger partial charge in [-0.3, -0.25) is 14.4 Å². The molecule has 0 saturated heterocycles. The molecule has 0 aliphatic carbocycles. The summed E-state index contributed by atoms with van der Waals surface area (Å²) in [5.74, 6) is -1.48. The van der Waals surface area contributed by atoms with E-state index in [0.717, 1.165) is 12.8 Å². The molecule has 0 heterocycles. The standard InChI is InChI=1S/C13H24N2O4/c1-4-5-6-10(14)11(16)7-9(2)13(18)15-8-12(17)19-3/h9-10H,4-8,14H2,1-3H3,(H,15,18)/t9-,10+/m0/s1. The van der Waals surface area contributed by atoms with Crippen molar-refractivity contribution < 1.29 is 19.1 Å². The number of ether oxygens (including phenoxy) is 1. The number of nitrogens with two attached hydrogens (primary N) is 1. The van der Waals surface area contributed by atoms with Crippen LogP contribution in [0.3, 0.4) is 0 Å². The molecule has 0 aliphatic rings. The molecule has 19 heavy (non-hydrogen) atoms. The SMILES string of the molecule is CCCC[C@@H](N)C(=O)C[C@H](C)C(=O)NCC(=O)OC. The lowest BCUT2D eigenvalue weighted by Gasteiger charge is -2.14. The Labute approximate surface area is 114 Å². The van der Waals surface area contributed by atoms with Crippen LogP contribution in [0.5, 0.6) is 0 Å². The van der Waals surface area contributed by atoms with E-state index in [2.05, 4.69) is 10.1 Å². The summed E-state index contributed by atoms with van der Waals surface area (Å²) in [5.41, 5.74) is 5.74. The first kappa shape index (κ1) is 17.6. The summed E-state index contributed by atoms with van der Waals surface area (Å²) in [7, 11) is 1.24. The average molecular weight is 272 g/mol. The Bertz CT molecular complexity index is 318. The fourth-order valence-corrected chi connectivity index (χ4v) is 1.54. The second kappa shape index (κ2) is 9.49. The van der Waals surface area contributed by atoms with E-state index in [1.807, 2.05) is 6.92 Å². The number of nitrogens with one attached hydrogen (secondary N) is 1. The minimum absolute atomic E-state index is 0.0951. The molecule has 0 spiro atoms. The van der Waals surface area contributed by atoms with Gasteiger partial charge in [-0.1, -0.05) is 26.7 Å². The maximum absolute atomic E-state index is 11.8. The van der Waals surface area contributed by atoms with Gasteiger partial charge in [0.2, 0.25) is 5.91 Å². The molecule has 0 unspecified atom stereocenters. The van der Waals surface area contributed by atoms with Gasteiger partial charge in [0.05, 0.1) is 13.2 Å². The number of carbonyl (C=O) groups is 3. The van der Waals surface area contributed by atoms with E-state index >= 15 is 0 Å². The first-order chi connectivity index (χ1) is 8.92. The fourth-order valence-electron chi connectivity index (χ4n) is 1.54. The first-order valence-corrected chi connectivity index (χ1v) is 6.55. The molecule has 0 rings (SSSR count). The van der Waals surface area contributed by atoms with Crippen molar-refractivity contribution in [3.05, 3.63) is 0 Å². The maximum Gasteiger partial charge on any atom is 0.325 e. The van der Waals surface area contributed by atoms with Crippen LogP contribution in [0.25, 0.3) is 0 Å². The van der Waals surface area contributed by atoms with E-state index in [1.54, 1.807) is 6.92 Å². The molecule has 3 N–H and O–H groups in total. The summed E-state index contributed by atoms with van der Waals surface area (Å²) in [6, 6.07) is -0.504. The molecule has 0 fully saturated rings. The van der Waals surface area contributed by atoms with Crippen molar-refractivity contribution in [1.82, 2.24) is 5.32 Å². The smallest absolute Gasteiger partial charge is 0.325 e. The van der Waals surface area contributed by atoms with Gasteiger partial charge in [-0.2, -0.15) is 0 Å². The van der Waals surface area contributed by atoms with Crippen LogP contribution in [-0.2, 0) is 19.1 Å². The van der Waals surface area contributed by atoms with Crippen LogP contribution in [0.2, 0.25) is 0 Å². The summed E-state index contributed by atoms with van der Waals surface area (Å²) in [6.07, 6.45) is 2.62. The lowest BCUT2D eigenvalue weighted by Crippen LogP contribution is -2.37. The predicted molar refractivity (Wildman–Crippen MR) is 71.3 cm³/mol. The molecule has 0 aliphatic heterocycles. The molecular formula is C13H24N2O4. The van der Waals surface area contributed by atoms with Gasteiger partial charge in [-0.15, -0.1) is 0 Å². The Morgan fingerprint density at radius 2 is 1.95 bits per heavy atom.